The summed E-state index contributed by atoms with van der Waals surface area (Å²) in [7, 11) is 0. The molecular formula is C11H8ClFN2O2S. The maximum atomic E-state index is 12.9. The van der Waals surface area contributed by atoms with Crippen LogP contribution in [0.25, 0.3) is 0 Å². The van der Waals surface area contributed by atoms with Crippen molar-refractivity contribution in [2.75, 3.05) is 4.90 Å². The average molecular weight is 287 g/mol. The van der Waals surface area contributed by atoms with Gasteiger partial charge in [-0.25, -0.2) is 9.18 Å². The largest absolute Gasteiger partial charge is 0.465 e. The fraction of sp³-hybridized carbons (Fsp3) is 0.0909. The van der Waals surface area contributed by atoms with Crippen molar-refractivity contribution < 1.29 is 14.3 Å². The van der Waals surface area contributed by atoms with Gasteiger partial charge in [0.1, 0.15) is 5.82 Å². The number of carboxylic acid groups (broad SMARTS) is 1. The minimum atomic E-state index is -1.16. The van der Waals surface area contributed by atoms with Gasteiger partial charge in [-0.1, -0.05) is 11.6 Å². The Kier molecular flexibility index (Phi) is 3.78. The summed E-state index contributed by atoms with van der Waals surface area (Å²) < 4.78 is 12.9. The summed E-state index contributed by atoms with van der Waals surface area (Å²) in [6, 6.07) is 3.59. The van der Waals surface area contributed by atoms with Crippen molar-refractivity contribution in [1.29, 1.82) is 0 Å². The average Bonchev–Trinajstić information content (AvgIpc) is 2.79. The molecule has 0 spiro atoms. The third-order valence-corrected chi connectivity index (χ3v) is 3.30. The van der Waals surface area contributed by atoms with Crippen molar-refractivity contribution in [2.45, 2.75) is 6.54 Å². The first kappa shape index (κ1) is 12.8. The number of anilines is 1. The van der Waals surface area contributed by atoms with Gasteiger partial charge in [0.15, 0.2) is 0 Å². The highest BCUT2D eigenvalue weighted by Gasteiger charge is 2.18. The van der Waals surface area contributed by atoms with Crippen LogP contribution in [0.2, 0.25) is 5.02 Å². The van der Waals surface area contributed by atoms with E-state index in [2.05, 4.69) is 4.98 Å². The smallest absolute Gasteiger partial charge is 0.412 e. The van der Waals surface area contributed by atoms with Crippen LogP contribution in [-0.2, 0) is 6.54 Å². The van der Waals surface area contributed by atoms with E-state index in [1.165, 1.54) is 23.5 Å². The van der Waals surface area contributed by atoms with E-state index in [1.807, 2.05) is 0 Å². The van der Waals surface area contributed by atoms with Gasteiger partial charge in [0.25, 0.3) is 0 Å². The Labute approximate surface area is 111 Å². The van der Waals surface area contributed by atoms with E-state index in [9.17, 15) is 14.3 Å². The molecule has 1 amide bonds. The molecule has 0 bridgehead atoms. The monoisotopic (exact) mass is 286 g/mol. The van der Waals surface area contributed by atoms with Gasteiger partial charge >= 0.3 is 6.09 Å². The van der Waals surface area contributed by atoms with Gasteiger partial charge in [0, 0.05) is 11.1 Å². The Morgan fingerprint density at radius 1 is 1.56 bits per heavy atom. The maximum absolute atomic E-state index is 12.9. The third kappa shape index (κ3) is 2.77. The summed E-state index contributed by atoms with van der Waals surface area (Å²) in [4.78, 5) is 16.9. The van der Waals surface area contributed by atoms with E-state index in [1.54, 1.807) is 11.7 Å². The Morgan fingerprint density at radius 3 is 2.89 bits per heavy atom. The molecule has 0 unspecified atom stereocenters. The fourth-order valence-electron chi connectivity index (χ4n) is 1.43. The molecule has 1 N–H and O–H groups in total. The van der Waals surface area contributed by atoms with Crippen LogP contribution in [0, 0.1) is 5.82 Å². The summed E-state index contributed by atoms with van der Waals surface area (Å²) >= 11 is 7.19. The van der Waals surface area contributed by atoms with E-state index >= 15 is 0 Å². The van der Waals surface area contributed by atoms with Crippen molar-refractivity contribution in [2.24, 2.45) is 0 Å². The molecule has 0 aliphatic heterocycles. The highest BCUT2D eigenvalue weighted by atomic mass is 35.5. The molecule has 1 aromatic heterocycles. The van der Waals surface area contributed by atoms with Gasteiger partial charge in [-0.05, 0) is 18.2 Å². The molecule has 1 aromatic carbocycles. The minimum Gasteiger partial charge on any atom is -0.465 e. The number of nitrogens with zero attached hydrogens (tertiary/aromatic N) is 2. The number of carbonyl (C=O) groups is 1. The topological polar surface area (TPSA) is 53.4 Å². The number of hydrogen-bond acceptors (Lipinski definition) is 3. The summed E-state index contributed by atoms with van der Waals surface area (Å²) in [6.07, 6.45) is 0.426. The van der Waals surface area contributed by atoms with Crippen LogP contribution in [0.4, 0.5) is 14.9 Å². The van der Waals surface area contributed by atoms with Gasteiger partial charge in [-0.15, -0.1) is 11.3 Å². The molecule has 2 aromatic rings. The number of halogens is 2. The lowest BCUT2D eigenvalue weighted by Gasteiger charge is -2.19. The molecule has 1 heterocycles. The second kappa shape index (κ2) is 5.32. The highest BCUT2D eigenvalue weighted by Crippen LogP contribution is 2.28. The van der Waals surface area contributed by atoms with Crippen LogP contribution in [-0.4, -0.2) is 16.2 Å². The van der Waals surface area contributed by atoms with E-state index in [4.69, 9.17) is 11.6 Å². The molecule has 7 heteroatoms. The normalized spacial score (nSPS) is 10.3. The zero-order valence-electron chi connectivity index (χ0n) is 9.01. The number of thiazole rings is 1. The van der Waals surface area contributed by atoms with Gasteiger partial charge < -0.3 is 5.11 Å². The Balaban J connectivity index is 2.32. The van der Waals surface area contributed by atoms with E-state index < -0.39 is 11.9 Å². The predicted molar refractivity (Wildman–Crippen MR) is 67.7 cm³/mol. The van der Waals surface area contributed by atoms with Gasteiger partial charge in [-0.2, -0.15) is 0 Å². The lowest BCUT2D eigenvalue weighted by atomic mass is 10.3. The van der Waals surface area contributed by atoms with Crippen molar-refractivity contribution in [3.05, 3.63) is 45.6 Å². The molecule has 0 aliphatic rings. The maximum Gasteiger partial charge on any atom is 0.412 e. The van der Waals surface area contributed by atoms with Crippen LogP contribution in [0.5, 0.6) is 0 Å². The van der Waals surface area contributed by atoms with Gasteiger partial charge in [0.05, 0.1) is 22.8 Å². The first-order chi connectivity index (χ1) is 8.58. The van der Waals surface area contributed by atoms with Crippen LogP contribution in [0.1, 0.15) is 4.88 Å². The molecule has 2 rings (SSSR count). The molecular weight excluding hydrogens is 279 g/mol. The standard InChI is InChI=1S/C11H8ClFN2O2S/c12-9-3-7(13)1-2-10(9)15(11(16)17)5-8-4-14-6-18-8/h1-4,6H,5H2,(H,16,17). The third-order valence-electron chi connectivity index (χ3n) is 2.23. The summed E-state index contributed by atoms with van der Waals surface area (Å²) in [5.41, 5.74) is 1.86. The van der Waals surface area contributed by atoms with Crippen molar-refractivity contribution in [1.82, 2.24) is 4.98 Å². The lowest BCUT2D eigenvalue weighted by molar-refractivity contribution is 0.201. The first-order valence-electron chi connectivity index (χ1n) is 4.91. The second-order valence-electron chi connectivity index (χ2n) is 3.43. The molecule has 18 heavy (non-hydrogen) atoms. The second-order valence-corrected chi connectivity index (χ2v) is 4.81. The van der Waals surface area contributed by atoms with Crippen LogP contribution < -0.4 is 4.90 Å². The summed E-state index contributed by atoms with van der Waals surface area (Å²) in [5, 5.41) is 9.23. The molecule has 0 radical (unpaired) electrons. The van der Waals surface area contributed by atoms with Crippen molar-refractivity contribution >= 4 is 34.7 Å². The van der Waals surface area contributed by atoms with E-state index in [-0.39, 0.29) is 17.3 Å². The van der Waals surface area contributed by atoms with E-state index in [0.717, 1.165) is 15.8 Å². The number of aromatic nitrogens is 1. The SMILES string of the molecule is O=C(O)N(Cc1cncs1)c1ccc(F)cc1Cl. The highest BCUT2D eigenvalue weighted by molar-refractivity contribution is 7.09. The molecule has 0 saturated heterocycles. The molecule has 4 nitrogen and oxygen atoms in total. The first-order valence-corrected chi connectivity index (χ1v) is 6.16. The molecule has 0 fully saturated rings. The zero-order chi connectivity index (χ0) is 13.1. The number of hydrogen-bond donors (Lipinski definition) is 1. The molecule has 94 valence electrons. The number of benzene rings is 1. The quantitative estimate of drug-likeness (QED) is 0.937. The van der Waals surface area contributed by atoms with Crippen LogP contribution in [0.15, 0.2) is 29.9 Å². The molecule has 0 atom stereocenters. The Hall–Kier alpha value is -1.66. The predicted octanol–water partition coefficient (Wildman–Crippen LogP) is 3.62. The van der Waals surface area contributed by atoms with Crippen LogP contribution >= 0.6 is 22.9 Å². The molecule has 0 aliphatic carbocycles. The summed E-state index contributed by atoms with van der Waals surface area (Å²) in [6.45, 7) is 0.130. The van der Waals surface area contributed by atoms with Crippen molar-refractivity contribution in [3.63, 3.8) is 0 Å². The number of rotatable bonds is 3. The lowest BCUT2D eigenvalue weighted by Crippen LogP contribution is -2.28. The van der Waals surface area contributed by atoms with Gasteiger partial charge in [0.2, 0.25) is 0 Å². The minimum absolute atomic E-state index is 0.0573. The zero-order valence-corrected chi connectivity index (χ0v) is 10.6. The number of amides is 1. The fourth-order valence-corrected chi connectivity index (χ4v) is 2.28. The molecule has 0 saturated carbocycles. The van der Waals surface area contributed by atoms with E-state index in [0.29, 0.717) is 0 Å². The Bertz CT molecular complexity index is 562. The van der Waals surface area contributed by atoms with Crippen molar-refractivity contribution in [3.8, 4) is 0 Å². The summed E-state index contributed by atoms with van der Waals surface area (Å²) in [5.74, 6) is -0.508. The Morgan fingerprint density at radius 2 is 2.33 bits per heavy atom. The van der Waals surface area contributed by atoms with Crippen LogP contribution in [0.3, 0.4) is 0 Å². The van der Waals surface area contributed by atoms with Gasteiger partial charge in [-0.3, -0.25) is 9.88 Å².